The molecule has 140 valence electrons. The SMILES string of the molecule is CC(C)(C)OC(=O)NCC(NC(=O)OCc1ccccc1)C(C)(C)C. The highest BCUT2D eigenvalue weighted by molar-refractivity contribution is 5.69. The number of carbonyl (C=O) groups is 2. The standard InChI is InChI=1S/C19H30N2O4/c1-18(2,3)15(12-20-16(22)25-19(4,5)6)21-17(23)24-13-14-10-8-7-9-11-14/h7-11,15H,12-13H2,1-6H3,(H,20,22)(H,21,23). The number of ether oxygens (including phenoxy) is 2. The van der Waals surface area contributed by atoms with Gasteiger partial charge in [0.1, 0.15) is 12.2 Å². The molecule has 0 fully saturated rings. The second kappa shape index (κ2) is 8.74. The lowest BCUT2D eigenvalue weighted by molar-refractivity contribution is 0.0509. The molecule has 1 rings (SSSR count). The fourth-order valence-electron chi connectivity index (χ4n) is 1.98. The summed E-state index contributed by atoms with van der Waals surface area (Å²) in [4.78, 5) is 23.9. The second-order valence-electron chi connectivity index (χ2n) is 8.01. The summed E-state index contributed by atoms with van der Waals surface area (Å²) < 4.78 is 10.5. The molecule has 6 heteroatoms. The fraction of sp³-hybridized carbons (Fsp3) is 0.579. The summed E-state index contributed by atoms with van der Waals surface area (Å²) in [5.41, 5.74) is 0.0845. The molecule has 1 aromatic rings. The Bertz CT molecular complexity index is 559. The van der Waals surface area contributed by atoms with E-state index in [1.165, 1.54) is 0 Å². The number of amides is 2. The average molecular weight is 350 g/mol. The van der Waals surface area contributed by atoms with Gasteiger partial charge < -0.3 is 20.1 Å². The molecule has 25 heavy (non-hydrogen) atoms. The summed E-state index contributed by atoms with van der Waals surface area (Å²) in [7, 11) is 0. The quantitative estimate of drug-likeness (QED) is 0.845. The number of hydrogen-bond acceptors (Lipinski definition) is 4. The van der Waals surface area contributed by atoms with Crippen LogP contribution in [0.25, 0.3) is 0 Å². The molecule has 0 bridgehead atoms. The molecular weight excluding hydrogens is 320 g/mol. The number of nitrogens with one attached hydrogen (secondary N) is 2. The van der Waals surface area contributed by atoms with Crippen LogP contribution in [-0.4, -0.2) is 30.4 Å². The van der Waals surface area contributed by atoms with E-state index in [0.29, 0.717) is 0 Å². The normalized spacial score (nSPS) is 12.9. The van der Waals surface area contributed by atoms with Crippen molar-refractivity contribution < 1.29 is 19.1 Å². The predicted octanol–water partition coefficient (Wildman–Crippen LogP) is 3.85. The molecule has 0 aromatic heterocycles. The Morgan fingerprint density at radius 3 is 2.12 bits per heavy atom. The maximum Gasteiger partial charge on any atom is 0.407 e. The van der Waals surface area contributed by atoms with Crippen LogP contribution < -0.4 is 10.6 Å². The van der Waals surface area contributed by atoms with Crippen molar-refractivity contribution in [1.82, 2.24) is 10.6 Å². The largest absolute Gasteiger partial charge is 0.445 e. The lowest BCUT2D eigenvalue weighted by atomic mass is 9.87. The Morgan fingerprint density at radius 1 is 1.00 bits per heavy atom. The van der Waals surface area contributed by atoms with E-state index >= 15 is 0 Å². The first-order valence-electron chi connectivity index (χ1n) is 8.41. The van der Waals surface area contributed by atoms with E-state index in [1.807, 2.05) is 51.1 Å². The summed E-state index contributed by atoms with van der Waals surface area (Å²) in [5.74, 6) is 0. The van der Waals surface area contributed by atoms with Crippen LogP contribution in [0.5, 0.6) is 0 Å². The van der Waals surface area contributed by atoms with Crippen LogP contribution in [0.4, 0.5) is 9.59 Å². The van der Waals surface area contributed by atoms with E-state index in [4.69, 9.17) is 9.47 Å². The van der Waals surface area contributed by atoms with Crippen LogP contribution in [0, 0.1) is 5.41 Å². The van der Waals surface area contributed by atoms with E-state index in [2.05, 4.69) is 10.6 Å². The molecule has 6 nitrogen and oxygen atoms in total. The maximum atomic E-state index is 12.1. The van der Waals surface area contributed by atoms with Crippen molar-refractivity contribution >= 4 is 12.2 Å². The molecule has 0 aliphatic heterocycles. The molecule has 2 amide bonds. The van der Waals surface area contributed by atoms with Crippen LogP contribution in [-0.2, 0) is 16.1 Å². The first-order valence-corrected chi connectivity index (χ1v) is 8.41. The molecule has 0 aliphatic rings. The van der Waals surface area contributed by atoms with E-state index in [-0.39, 0.29) is 24.6 Å². The van der Waals surface area contributed by atoms with Gasteiger partial charge in [-0.25, -0.2) is 9.59 Å². The van der Waals surface area contributed by atoms with Gasteiger partial charge in [-0.2, -0.15) is 0 Å². The van der Waals surface area contributed by atoms with Crippen molar-refractivity contribution in [2.75, 3.05) is 6.54 Å². The van der Waals surface area contributed by atoms with Crippen molar-refractivity contribution in [2.45, 2.75) is 59.8 Å². The minimum Gasteiger partial charge on any atom is -0.445 e. The molecule has 0 saturated carbocycles. The summed E-state index contributed by atoms with van der Waals surface area (Å²) in [6, 6.07) is 9.15. The monoisotopic (exact) mass is 350 g/mol. The van der Waals surface area contributed by atoms with Gasteiger partial charge in [0, 0.05) is 6.54 Å². The zero-order valence-corrected chi connectivity index (χ0v) is 16.0. The van der Waals surface area contributed by atoms with Crippen molar-refractivity contribution in [3.8, 4) is 0 Å². The lowest BCUT2D eigenvalue weighted by Crippen LogP contribution is -2.51. The molecule has 0 spiro atoms. The summed E-state index contributed by atoms with van der Waals surface area (Å²) in [6.45, 7) is 11.8. The summed E-state index contributed by atoms with van der Waals surface area (Å²) in [5, 5.41) is 5.51. The molecule has 0 aliphatic carbocycles. The third-order valence-electron chi connectivity index (χ3n) is 3.40. The Kier molecular flexibility index (Phi) is 7.27. The number of rotatable bonds is 5. The van der Waals surface area contributed by atoms with Crippen LogP contribution >= 0.6 is 0 Å². The Morgan fingerprint density at radius 2 is 1.60 bits per heavy atom. The maximum absolute atomic E-state index is 12.1. The van der Waals surface area contributed by atoms with Gasteiger partial charge in [-0.1, -0.05) is 51.1 Å². The molecule has 1 aromatic carbocycles. The van der Waals surface area contributed by atoms with Crippen LogP contribution in [0.3, 0.4) is 0 Å². The van der Waals surface area contributed by atoms with Gasteiger partial charge >= 0.3 is 12.2 Å². The van der Waals surface area contributed by atoms with Crippen molar-refractivity contribution in [3.05, 3.63) is 35.9 Å². The molecule has 2 N–H and O–H groups in total. The van der Waals surface area contributed by atoms with Crippen LogP contribution in [0.1, 0.15) is 47.1 Å². The number of hydrogen-bond donors (Lipinski definition) is 2. The van der Waals surface area contributed by atoms with Gasteiger partial charge in [-0.3, -0.25) is 0 Å². The highest BCUT2D eigenvalue weighted by Gasteiger charge is 2.28. The summed E-state index contributed by atoms with van der Waals surface area (Å²) in [6.07, 6.45) is -1.03. The third kappa shape index (κ3) is 8.98. The van der Waals surface area contributed by atoms with E-state index in [0.717, 1.165) is 5.56 Å². The molecule has 1 atom stereocenters. The second-order valence-corrected chi connectivity index (χ2v) is 8.01. The molecule has 0 radical (unpaired) electrons. The number of carbonyl (C=O) groups excluding carboxylic acids is 2. The molecule has 0 heterocycles. The lowest BCUT2D eigenvalue weighted by Gasteiger charge is -2.31. The first kappa shape index (κ1) is 20.8. The molecule has 0 saturated heterocycles. The topological polar surface area (TPSA) is 76.7 Å². The highest BCUT2D eigenvalue weighted by atomic mass is 16.6. The van der Waals surface area contributed by atoms with E-state index < -0.39 is 17.8 Å². The number of benzene rings is 1. The van der Waals surface area contributed by atoms with Crippen molar-refractivity contribution in [3.63, 3.8) is 0 Å². The summed E-state index contributed by atoms with van der Waals surface area (Å²) >= 11 is 0. The predicted molar refractivity (Wildman–Crippen MR) is 97.2 cm³/mol. The minimum atomic E-state index is -0.566. The van der Waals surface area contributed by atoms with Gasteiger partial charge in [0.2, 0.25) is 0 Å². The molecular formula is C19H30N2O4. The smallest absolute Gasteiger partial charge is 0.407 e. The van der Waals surface area contributed by atoms with Gasteiger partial charge in [-0.05, 0) is 31.7 Å². The molecule has 1 unspecified atom stereocenters. The number of alkyl carbamates (subject to hydrolysis) is 2. The van der Waals surface area contributed by atoms with Gasteiger partial charge in [-0.15, -0.1) is 0 Å². The van der Waals surface area contributed by atoms with Gasteiger partial charge in [0.05, 0.1) is 6.04 Å². The zero-order chi connectivity index (χ0) is 19.1. The van der Waals surface area contributed by atoms with Gasteiger partial charge in [0.15, 0.2) is 0 Å². The van der Waals surface area contributed by atoms with E-state index in [1.54, 1.807) is 20.8 Å². The van der Waals surface area contributed by atoms with Crippen molar-refractivity contribution in [2.24, 2.45) is 5.41 Å². The van der Waals surface area contributed by atoms with Crippen LogP contribution in [0.2, 0.25) is 0 Å². The Labute approximate surface area is 150 Å². The first-order chi connectivity index (χ1) is 11.5. The van der Waals surface area contributed by atoms with Crippen LogP contribution in [0.15, 0.2) is 30.3 Å². The van der Waals surface area contributed by atoms with Gasteiger partial charge in [0.25, 0.3) is 0 Å². The Hall–Kier alpha value is -2.24. The highest BCUT2D eigenvalue weighted by Crippen LogP contribution is 2.19. The van der Waals surface area contributed by atoms with Crippen molar-refractivity contribution in [1.29, 1.82) is 0 Å². The fourth-order valence-corrected chi connectivity index (χ4v) is 1.98. The zero-order valence-electron chi connectivity index (χ0n) is 16.0. The minimum absolute atomic E-state index is 0.197. The third-order valence-corrected chi connectivity index (χ3v) is 3.40. The van der Waals surface area contributed by atoms with E-state index in [9.17, 15) is 9.59 Å². The average Bonchev–Trinajstić information content (AvgIpc) is 2.47. The Balaban J connectivity index is 2.52.